The van der Waals surface area contributed by atoms with Gasteiger partial charge in [-0.2, -0.15) is 0 Å². The van der Waals surface area contributed by atoms with Crippen molar-refractivity contribution in [1.82, 2.24) is 0 Å². The highest BCUT2D eigenvalue weighted by Gasteiger charge is 2.48. The normalized spacial score (nSPS) is 32.4. The quantitative estimate of drug-likeness (QED) is 0.886. The molecule has 0 saturated carbocycles. The molecule has 0 aliphatic carbocycles. The number of benzene rings is 1. The van der Waals surface area contributed by atoms with Crippen LogP contribution in [0.4, 0.5) is 0 Å². The van der Waals surface area contributed by atoms with Gasteiger partial charge in [0.05, 0.1) is 18.3 Å². The van der Waals surface area contributed by atoms with E-state index in [1.54, 1.807) is 14.0 Å². The number of aliphatic hydroxyl groups is 1. The summed E-state index contributed by atoms with van der Waals surface area (Å²) in [5.74, 6) is 0. The van der Waals surface area contributed by atoms with Crippen molar-refractivity contribution in [3.05, 3.63) is 35.9 Å². The Balaban J connectivity index is 2.03. The predicted molar refractivity (Wildman–Crippen MR) is 71.6 cm³/mol. The third-order valence-corrected chi connectivity index (χ3v) is 3.58. The van der Waals surface area contributed by atoms with Gasteiger partial charge >= 0.3 is 0 Å². The topological polar surface area (TPSA) is 47.9 Å². The lowest BCUT2D eigenvalue weighted by molar-refractivity contribution is -0.161. The van der Waals surface area contributed by atoms with Crippen molar-refractivity contribution >= 4 is 0 Å². The second kappa shape index (κ2) is 6.01. The van der Waals surface area contributed by atoms with Crippen LogP contribution >= 0.6 is 0 Å². The van der Waals surface area contributed by atoms with E-state index in [9.17, 15) is 5.11 Å². The second-order valence-electron chi connectivity index (χ2n) is 5.25. The van der Waals surface area contributed by atoms with Gasteiger partial charge in [0.2, 0.25) is 0 Å². The summed E-state index contributed by atoms with van der Waals surface area (Å²) in [5.41, 5.74) is 0.568. The summed E-state index contributed by atoms with van der Waals surface area (Å²) in [4.78, 5) is 0. The van der Waals surface area contributed by atoms with E-state index >= 15 is 0 Å². The SMILES string of the molecule is CO[C@@H]1C[C@@](C)(OCc2ccccc2)[C@@H]([C@H](C)O)O1. The number of ether oxygens (including phenoxy) is 3. The molecule has 1 aromatic carbocycles. The number of hydrogen-bond acceptors (Lipinski definition) is 4. The molecule has 1 fully saturated rings. The van der Waals surface area contributed by atoms with Gasteiger partial charge in [0.1, 0.15) is 6.10 Å². The van der Waals surface area contributed by atoms with E-state index in [1.165, 1.54) is 0 Å². The van der Waals surface area contributed by atoms with Crippen molar-refractivity contribution in [2.24, 2.45) is 0 Å². The fourth-order valence-corrected chi connectivity index (χ4v) is 2.53. The molecule has 0 bridgehead atoms. The molecule has 0 radical (unpaired) electrons. The van der Waals surface area contributed by atoms with Gasteiger partial charge in [-0.3, -0.25) is 0 Å². The van der Waals surface area contributed by atoms with E-state index < -0.39 is 11.7 Å². The minimum atomic E-state index is -0.596. The number of aliphatic hydroxyl groups excluding tert-OH is 1. The standard InChI is InChI=1S/C15H22O4/c1-11(16)14-15(2,9-13(17-3)19-14)18-10-12-7-5-4-6-8-12/h4-8,11,13-14,16H,9-10H2,1-3H3/t11-,13-,14+,15+/m0/s1. The molecule has 0 unspecified atom stereocenters. The molecule has 1 aliphatic rings. The largest absolute Gasteiger partial charge is 0.391 e. The average molecular weight is 266 g/mol. The molecule has 1 N–H and O–H groups in total. The predicted octanol–water partition coefficient (Wildman–Crippen LogP) is 2.10. The Bertz CT molecular complexity index is 392. The maximum atomic E-state index is 9.84. The van der Waals surface area contributed by atoms with Gasteiger partial charge in [0.25, 0.3) is 0 Å². The molecule has 2 rings (SSSR count). The van der Waals surface area contributed by atoms with Crippen LogP contribution in [0.1, 0.15) is 25.8 Å². The first kappa shape index (κ1) is 14.5. The fourth-order valence-electron chi connectivity index (χ4n) is 2.53. The van der Waals surface area contributed by atoms with Gasteiger partial charge in [0, 0.05) is 13.5 Å². The maximum Gasteiger partial charge on any atom is 0.160 e. The van der Waals surface area contributed by atoms with Crippen molar-refractivity contribution in [3.63, 3.8) is 0 Å². The van der Waals surface area contributed by atoms with E-state index in [-0.39, 0.29) is 12.4 Å². The van der Waals surface area contributed by atoms with Crippen LogP contribution in [0.5, 0.6) is 0 Å². The summed E-state index contributed by atoms with van der Waals surface area (Å²) in [6.07, 6.45) is -0.672. The first-order valence-corrected chi connectivity index (χ1v) is 6.59. The molecule has 0 aromatic heterocycles. The molecular weight excluding hydrogens is 244 g/mol. The molecule has 1 aromatic rings. The third kappa shape index (κ3) is 3.34. The lowest BCUT2D eigenvalue weighted by Gasteiger charge is -2.31. The molecule has 106 valence electrons. The molecule has 1 saturated heterocycles. The Kier molecular flexibility index (Phi) is 4.58. The van der Waals surface area contributed by atoms with Crippen LogP contribution in [-0.2, 0) is 20.8 Å². The molecule has 19 heavy (non-hydrogen) atoms. The zero-order valence-electron chi connectivity index (χ0n) is 11.7. The highest BCUT2D eigenvalue weighted by Crippen LogP contribution is 2.36. The molecule has 1 aliphatic heterocycles. The van der Waals surface area contributed by atoms with Crippen LogP contribution in [0.2, 0.25) is 0 Å². The number of rotatable bonds is 5. The molecule has 1 heterocycles. The van der Waals surface area contributed by atoms with E-state index in [4.69, 9.17) is 14.2 Å². The summed E-state index contributed by atoms with van der Waals surface area (Å²) < 4.78 is 16.9. The highest BCUT2D eigenvalue weighted by atomic mass is 16.7. The van der Waals surface area contributed by atoms with Crippen LogP contribution in [0.25, 0.3) is 0 Å². The van der Waals surface area contributed by atoms with Crippen molar-refractivity contribution in [2.75, 3.05) is 7.11 Å². The first-order valence-electron chi connectivity index (χ1n) is 6.59. The van der Waals surface area contributed by atoms with E-state index in [0.717, 1.165) is 5.56 Å². The molecule has 4 heteroatoms. The van der Waals surface area contributed by atoms with Gasteiger partial charge < -0.3 is 19.3 Å². The van der Waals surface area contributed by atoms with Gasteiger partial charge in [-0.15, -0.1) is 0 Å². The van der Waals surface area contributed by atoms with Crippen LogP contribution in [-0.4, -0.2) is 36.3 Å². The Morgan fingerprint density at radius 2 is 2.11 bits per heavy atom. The van der Waals surface area contributed by atoms with E-state index in [0.29, 0.717) is 13.0 Å². The van der Waals surface area contributed by atoms with Crippen LogP contribution < -0.4 is 0 Å². The van der Waals surface area contributed by atoms with Crippen molar-refractivity contribution in [1.29, 1.82) is 0 Å². The minimum absolute atomic E-state index is 0.319. The number of hydrogen-bond donors (Lipinski definition) is 1. The zero-order valence-corrected chi connectivity index (χ0v) is 11.7. The van der Waals surface area contributed by atoms with Gasteiger partial charge in [-0.25, -0.2) is 0 Å². The van der Waals surface area contributed by atoms with Crippen molar-refractivity contribution in [2.45, 2.75) is 51.0 Å². The number of methoxy groups -OCH3 is 1. The molecule has 0 spiro atoms. The molecular formula is C15H22O4. The monoisotopic (exact) mass is 266 g/mol. The Hall–Kier alpha value is -0.940. The summed E-state index contributed by atoms with van der Waals surface area (Å²) >= 11 is 0. The summed E-state index contributed by atoms with van der Waals surface area (Å²) in [6.45, 7) is 4.18. The van der Waals surface area contributed by atoms with Crippen LogP contribution in [0, 0.1) is 0 Å². The van der Waals surface area contributed by atoms with E-state index in [1.807, 2.05) is 37.3 Å². The van der Waals surface area contributed by atoms with Crippen molar-refractivity contribution in [3.8, 4) is 0 Å². The first-order chi connectivity index (χ1) is 9.05. The Labute approximate surface area is 114 Å². The zero-order chi connectivity index (χ0) is 13.9. The van der Waals surface area contributed by atoms with Gasteiger partial charge in [0.15, 0.2) is 6.29 Å². The van der Waals surface area contributed by atoms with Crippen LogP contribution in [0.3, 0.4) is 0 Å². The maximum absolute atomic E-state index is 9.84. The second-order valence-corrected chi connectivity index (χ2v) is 5.25. The summed E-state index contributed by atoms with van der Waals surface area (Å²) in [5, 5.41) is 9.84. The van der Waals surface area contributed by atoms with Crippen molar-refractivity contribution < 1.29 is 19.3 Å². The molecule has 4 atom stereocenters. The highest BCUT2D eigenvalue weighted by molar-refractivity contribution is 5.13. The summed E-state index contributed by atoms with van der Waals surface area (Å²) in [6, 6.07) is 9.98. The van der Waals surface area contributed by atoms with E-state index in [2.05, 4.69) is 0 Å². The Morgan fingerprint density at radius 1 is 1.42 bits per heavy atom. The van der Waals surface area contributed by atoms with Gasteiger partial charge in [-0.1, -0.05) is 30.3 Å². The smallest absolute Gasteiger partial charge is 0.160 e. The third-order valence-electron chi connectivity index (χ3n) is 3.58. The fraction of sp³-hybridized carbons (Fsp3) is 0.600. The van der Waals surface area contributed by atoms with Gasteiger partial charge in [-0.05, 0) is 19.4 Å². The Morgan fingerprint density at radius 3 is 2.68 bits per heavy atom. The lowest BCUT2D eigenvalue weighted by Crippen LogP contribution is -2.44. The average Bonchev–Trinajstić information content (AvgIpc) is 2.76. The van der Waals surface area contributed by atoms with Crippen LogP contribution in [0.15, 0.2) is 30.3 Å². The lowest BCUT2D eigenvalue weighted by atomic mass is 9.94. The molecule has 4 nitrogen and oxygen atoms in total. The summed E-state index contributed by atoms with van der Waals surface area (Å²) in [7, 11) is 1.60. The molecule has 0 amide bonds. The minimum Gasteiger partial charge on any atom is -0.391 e.